The lowest BCUT2D eigenvalue weighted by molar-refractivity contribution is 0.288. The second kappa shape index (κ2) is 5.23. The van der Waals surface area contributed by atoms with E-state index >= 15 is 0 Å². The highest BCUT2D eigenvalue weighted by Crippen LogP contribution is 2.33. The van der Waals surface area contributed by atoms with Crippen LogP contribution in [0, 0.1) is 11.6 Å². The molecule has 0 heterocycles. The lowest BCUT2D eigenvalue weighted by atomic mass is 10.1. The van der Waals surface area contributed by atoms with E-state index in [0.29, 0.717) is 6.42 Å². The highest BCUT2D eigenvalue weighted by Gasteiger charge is 2.19. The smallest absolute Gasteiger partial charge is 0.148 e. The molecule has 1 aromatic carbocycles. The minimum Gasteiger partial charge on any atom is -0.396 e. The molecule has 1 aromatic rings. The van der Waals surface area contributed by atoms with E-state index in [1.165, 1.54) is 6.07 Å². The Hall–Kier alpha value is 0.0600. The zero-order valence-corrected chi connectivity index (χ0v) is 10.0. The van der Waals surface area contributed by atoms with Crippen LogP contribution >= 0.6 is 34.2 Å². The molecule has 0 unspecified atom stereocenters. The summed E-state index contributed by atoms with van der Waals surface area (Å²) in [5.41, 5.74) is -0.0628. The van der Waals surface area contributed by atoms with Crippen molar-refractivity contribution in [3.05, 3.63) is 34.4 Å². The maximum absolute atomic E-state index is 13.4. The summed E-state index contributed by atoms with van der Waals surface area (Å²) >= 11 is 7.40. The molecule has 1 rings (SSSR count). The summed E-state index contributed by atoms with van der Waals surface area (Å²) in [6.45, 7) is -0.112. The van der Waals surface area contributed by atoms with E-state index in [1.807, 2.05) is 22.6 Å². The molecule has 5 heteroatoms. The minimum atomic E-state index is -0.737. The third-order valence-corrected chi connectivity index (χ3v) is 3.31. The predicted octanol–water partition coefficient (Wildman–Crippen LogP) is 3.48. The van der Waals surface area contributed by atoms with Crippen LogP contribution in [0.1, 0.15) is 15.9 Å². The standard InChI is InChI=1S/C9H8ClF2IO/c10-5-1-2-6(11)8(9(5)12)7(13)3-4-14/h1-2,7,14H,3-4H2/t7-/m1/s1. The molecule has 0 spiro atoms. The van der Waals surface area contributed by atoms with Gasteiger partial charge in [-0.3, -0.25) is 0 Å². The molecule has 1 nitrogen and oxygen atoms in total. The van der Waals surface area contributed by atoms with Crippen LogP contribution in [-0.4, -0.2) is 11.7 Å². The molecule has 14 heavy (non-hydrogen) atoms. The van der Waals surface area contributed by atoms with Crippen molar-refractivity contribution < 1.29 is 13.9 Å². The van der Waals surface area contributed by atoms with Crippen LogP contribution in [0.4, 0.5) is 8.78 Å². The third-order valence-electron chi connectivity index (χ3n) is 1.78. The fourth-order valence-electron chi connectivity index (χ4n) is 1.09. The summed E-state index contributed by atoms with van der Waals surface area (Å²) in [6, 6.07) is 2.31. The van der Waals surface area contributed by atoms with Crippen molar-refractivity contribution >= 4 is 34.2 Å². The molecule has 0 saturated carbocycles. The molecule has 0 saturated heterocycles. The van der Waals surface area contributed by atoms with E-state index < -0.39 is 15.6 Å². The Morgan fingerprint density at radius 2 is 2.07 bits per heavy atom. The molecule has 1 N–H and O–H groups in total. The van der Waals surface area contributed by atoms with Crippen molar-refractivity contribution in [1.82, 2.24) is 0 Å². The molecule has 0 fully saturated rings. The summed E-state index contributed by atoms with van der Waals surface area (Å²) in [5.74, 6) is -1.36. The molecule has 1 atom stereocenters. The normalized spacial score (nSPS) is 12.9. The molecule has 0 bridgehead atoms. The number of rotatable bonds is 3. The largest absolute Gasteiger partial charge is 0.396 e. The van der Waals surface area contributed by atoms with Crippen LogP contribution in [0.2, 0.25) is 5.02 Å². The SMILES string of the molecule is OCC[C@@H](I)c1c(F)ccc(Cl)c1F. The molecular weight excluding hydrogens is 324 g/mol. The molecule has 0 amide bonds. The predicted molar refractivity (Wildman–Crippen MR) is 59.8 cm³/mol. The summed E-state index contributed by atoms with van der Waals surface area (Å²) in [7, 11) is 0. The van der Waals surface area contributed by atoms with Crippen LogP contribution in [0.15, 0.2) is 12.1 Å². The molecule has 0 radical (unpaired) electrons. The van der Waals surface area contributed by atoms with Crippen LogP contribution < -0.4 is 0 Å². The summed E-state index contributed by atoms with van der Waals surface area (Å²) in [4.78, 5) is 0. The van der Waals surface area contributed by atoms with Crippen LogP contribution in [-0.2, 0) is 0 Å². The van der Waals surface area contributed by atoms with Gasteiger partial charge in [0.05, 0.1) is 5.02 Å². The van der Waals surface area contributed by atoms with Gasteiger partial charge in [0.1, 0.15) is 11.6 Å². The molecule has 0 aromatic heterocycles. The van der Waals surface area contributed by atoms with E-state index in [9.17, 15) is 8.78 Å². The topological polar surface area (TPSA) is 20.2 Å². The minimum absolute atomic E-state index is 0.0628. The highest BCUT2D eigenvalue weighted by atomic mass is 127. The summed E-state index contributed by atoms with van der Waals surface area (Å²) in [6.07, 6.45) is 0.300. The summed E-state index contributed by atoms with van der Waals surface area (Å²) in [5, 5.41) is 8.57. The maximum atomic E-state index is 13.4. The molecule has 0 aliphatic rings. The Kier molecular flexibility index (Phi) is 4.53. The first-order valence-electron chi connectivity index (χ1n) is 3.96. The second-order valence-electron chi connectivity index (χ2n) is 2.74. The zero-order chi connectivity index (χ0) is 10.7. The van der Waals surface area contributed by atoms with Gasteiger partial charge < -0.3 is 5.11 Å². The number of aliphatic hydroxyl groups excluding tert-OH is 1. The van der Waals surface area contributed by atoms with E-state index in [-0.39, 0.29) is 17.2 Å². The first-order valence-corrected chi connectivity index (χ1v) is 5.58. The fourth-order valence-corrected chi connectivity index (χ4v) is 2.10. The third kappa shape index (κ3) is 2.55. The lowest BCUT2D eigenvalue weighted by Crippen LogP contribution is -2.01. The number of alkyl halides is 1. The fraction of sp³-hybridized carbons (Fsp3) is 0.333. The van der Waals surface area contributed by atoms with Gasteiger partial charge in [0, 0.05) is 16.1 Å². The number of hydrogen-bond acceptors (Lipinski definition) is 1. The average molecular weight is 333 g/mol. The van der Waals surface area contributed by atoms with Crippen molar-refractivity contribution in [1.29, 1.82) is 0 Å². The molecule has 0 aliphatic heterocycles. The van der Waals surface area contributed by atoms with Crippen molar-refractivity contribution in [3.63, 3.8) is 0 Å². The number of benzene rings is 1. The lowest BCUT2D eigenvalue weighted by Gasteiger charge is -2.11. The van der Waals surface area contributed by atoms with E-state index in [2.05, 4.69) is 0 Å². The van der Waals surface area contributed by atoms with Gasteiger partial charge in [0.2, 0.25) is 0 Å². The summed E-state index contributed by atoms with van der Waals surface area (Å²) < 4.78 is 26.2. The van der Waals surface area contributed by atoms with E-state index in [0.717, 1.165) is 6.07 Å². The van der Waals surface area contributed by atoms with Gasteiger partial charge in [0.15, 0.2) is 0 Å². The Bertz CT molecular complexity index is 333. The Balaban J connectivity index is 3.11. The quantitative estimate of drug-likeness (QED) is 0.510. The van der Waals surface area contributed by atoms with Gasteiger partial charge in [0.25, 0.3) is 0 Å². The van der Waals surface area contributed by atoms with Gasteiger partial charge in [-0.15, -0.1) is 0 Å². The van der Waals surface area contributed by atoms with Crippen molar-refractivity contribution in [3.8, 4) is 0 Å². The first kappa shape index (κ1) is 12.1. The van der Waals surface area contributed by atoms with Crippen LogP contribution in [0.5, 0.6) is 0 Å². The second-order valence-corrected chi connectivity index (χ2v) is 4.65. The number of halogens is 4. The monoisotopic (exact) mass is 332 g/mol. The van der Waals surface area contributed by atoms with Crippen molar-refractivity contribution in [2.75, 3.05) is 6.61 Å². The van der Waals surface area contributed by atoms with Gasteiger partial charge >= 0.3 is 0 Å². The van der Waals surface area contributed by atoms with E-state index in [1.54, 1.807) is 0 Å². The van der Waals surface area contributed by atoms with Gasteiger partial charge in [-0.25, -0.2) is 8.78 Å². The van der Waals surface area contributed by atoms with Crippen LogP contribution in [0.25, 0.3) is 0 Å². The molecular formula is C9H8ClF2IO. The molecule has 78 valence electrons. The zero-order valence-electron chi connectivity index (χ0n) is 7.11. The Morgan fingerprint density at radius 1 is 1.43 bits per heavy atom. The maximum Gasteiger partial charge on any atom is 0.148 e. The average Bonchev–Trinajstić information content (AvgIpc) is 2.13. The first-order chi connectivity index (χ1) is 6.57. The number of hydrogen-bond donors (Lipinski definition) is 1. The molecule has 0 aliphatic carbocycles. The van der Waals surface area contributed by atoms with Gasteiger partial charge in [-0.05, 0) is 18.6 Å². The Morgan fingerprint density at radius 3 is 2.64 bits per heavy atom. The van der Waals surface area contributed by atoms with Gasteiger partial charge in [-0.2, -0.15) is 0 Å². The van der Waals surface area contributed by atoms with Gasteiger partial charge in [-0.1, -0.05) is 34.2 Å². The van der Waals surface area contributed by atoms with E-state index in [4.69, 9.17) is 16.7 Å². The highest BCUT2D eigenvalue weighted by molar-refractivity contribution is 14.1. The van der Waals surface area contributed by atoms with Crippen LogP contribution in [0.3, 0.4) is 0 Å². The Labute approximate surface area is 99.2 Å². The van der Waals surface area contributed by atoms with Crippen molar-refractivity contribution in [2.45, 2.75) is 10.3 Å². The van der Waals surface area contributed by atoms with Crippen molar-refractivity contribution in [2.24, 2.45) is 0 Å². The number of aliphatic hydroxyl groups is 1.